The molecule has 0 saturated carbocycles. The molecule has 0 radical (unpaired) electrons. The van der Waals surface area contributed by atoms with Gasteiger partial charge in [0, 0.05) is 45.3 Å². The molecule has 6 N–H and O–H groups in total. The molecule has 0 spiro atoms. The van der Waals surface area contributed by atoms with Gasteiger partial charge in [-0.2, -0.15) is 5.48 Å². The minimum atomic E-state index is -1.05. The fourth-order valence-corrected chi connectivity index (χ4v) is 7.09. The predicted octanol–water partition coefficient (Wildman–Crippen LogP) is 10.8. The number of aromatic carboxylic acids is 1. The number of pyridine rings is 2. The molecule has 4 heterocycles. The van der Waals surface area contributed by atoms with Crippen LogP contribution in [-0.2, 0) is 32.4 Å². The lowest BCUT2D eigenvalue weighted by Crippen LogP contribution is -2.32. The smallest absolute Gasteiger partial charge is 0.431 e. The Morgan fingerprint density at radius 3 is 1.57 bits per heavy atom. The Bertz CT molecular complexity index is 3070. The minimum absolute atomic E-state index is 0.0580. The first kappa shape index (κ1) is 45.4. The second kappa shape index (κ2) is 19.4. The summed E-state index contributed by atoms with van der Waals surface area (Å²) < 4.78 is 10.9. The first-order valence-electron chi connectivity index (χ1n) is 20.8. The number of carbonyl (C=O) groups excluding carboxylic acids is 2. The van der Waals surface area contributed by atoms with Gasteiger partial charge in [0.15, 0.2) is 0 Å². The van der Waals surface area contributed by atoms with Gasteiger partial charge < -0.3 is 24.5 Å². The maximum Gasteiger partial charge on any atom is 0.431 e. The molecule has 0 unspecified atom stereocenters. The highest BCUT2D eigenvalue weighted by atomic mass is 16.7. The van der Waals surface area contributed by atoms with Crippen LogP contribution in [0.4, 0.5) is 4.79 Å². The highest BCUT2D eigenvalue weighted by molar-refractivity contribution is 6.15. The second-order valence-corrected chi connectivity index (χ2v) is 17.1. The zero-order valence-electron chi connectivity index (χ0n) is 36.9. The van der Waals surface area contributed by atoms with Crippen molar-refractivity contribution < 1.29 is 38.6 Å². The standard InChI is InChI=1S/C30H33N3O5.C21H17N3O3/c1-29(2,3)37-27(34)25-22-15-13-20-17-31-21(14-12-19-10-8-7-9-11-19)16-23(20)26(22)32-24(25)18-36-33-28(35)38-30(4,5)6;22-27-12-18-19(21(25)26)16-9-7-14-11-23-15(10-17(14)20(16)24-18)8-6-13-4-2-1-3-5-13/h7-17,31H,18H2,1-6H3,(H,33,35);1-11,23H,12,22H2,(H,25,26)/b14-12+;8-6+. The number of fused-ring (bicyclic) bond motifs is 6. The highest BCUT2D eigenvalue weighted by Crippen LogP contribution is 2.33. The van der Waals surface area contributed by atoms with Crippen molar-refractivity contribution in [2.75, 3.05) is 0 Å². The molecule has 1 amide bonds. The van der Waals surface area contributed by atoms with Gasteiger partial charge >= 0.3 is 18.0 Å². The molecule has 8 rings (SSSR count). The fraction of sp³-hybridized carbons (Fsp3) is 0.196. The SMILES string of the molecule is CC(C)(C)OC(=O)NOCc1nc2c(ccc3c[nH]c(/C=C/c4ccccc4)cc32)c1C(=O)OC(C)(C)C.NOCc1nc2c(ccc3c[nH]c(/C=C/c4ccccc4)cc32)c1C(=O)O. The maximum atomic E-state index is 13.3. The van der Waals surface area contributed by atoms with E-state index in [1.807, 2.05) is 128 Å². The Balaban J connectivity index is 0.000000205. The van der Waals surface area contributed by atoms with Crippen LogP contribution in [0.2, 0.25) is 0 Å². The number of hydrogen-bond acceptors (Lipinski definition) is 10. The van der Waals surface area contributed by atoms with E-state index < -0.39 is 29.2 Å². The third-order valence-corrected chi connectivity index (χ3v) is 9.81. The van der Waals surface area contributed by atoms with E-state index in [0.717, 1.165) is 44.1 Å². The lowest BCUT2D eigenvalue weighted by Gasteiger charge is -2.20. The summed E-state index contributed by atoms with van der Waals surface area (Å²) in [7, 11) is 0. The lowest BCUT2D eigenvalue weighted by atomic mass is 10.0. The van der Waals surface area contributed by atoms with E-state index in [1.54, 1.807) is 47.6 Å². The molecular weight excluding hydrogens is 825 g/mol. The number of aromatic nitrogens is 4. The van der Waals surface area contributed by atoms with Gasteiger partial charge in [-0.3, -0.25) is 9.68 Å². The molecule has 0 fully saturated rings. The van der Waals surface area contributed by atoms with E-state index in [0.29, 0.717) is 38.8 Å². The monoisotopic (exact) mass is 874 g/mol. The van der Waals surface area contributed by atoms with Crippen LogP contribution in [0, 0.1) is 0 Å². The van der Waals surface area contributed by atoms with Crippen molar-refractivity contribution in [1.29, 1.82) is 0 Å². The van der Waals surface area contributed by atoms with Crippen LogP contribution in [0.3, 0.4) is 0 Å². The average molecular weight is 875 g/mol. The number of carboxylic acid groups (broad SMARTS) is 1. The van der Waals surface area contributed by atoms with E-state index in [4.69, 9.17) is 25.2 Å². The van der Waals surface area contributed by atoms with E-state index >= 15 is 0 Å². The molecular formula is C51H50N6O8. The van der Waals surface area contributed by atoms with E-state index in [2.05, 4.69) is 25.3 Å². The van der Waals surface area contributed by atoms with Crippen LogP contribution in [-0.4, -0.2) is 54.3 Å². The Hall–Kier alpha value is -7.65. The zero-order chi connectivity index (χ0) is 46.3. The van der Waals surface area contributed by atoms with Gasteiger partial charge in [-0.25, -0.2) is 30.2 Å². The Morgan fingerprint density at radius 1 is 0.631 bits per heavy atom. The molecule has 0 saturated heterocycles. The number of nitrogens with zero attached hydrogens (tertiary/aromatic N) is 2. The molecule has 0 atom stereocenters. The Kier molecular flexibility index (Phi) is 13.5. The summed E-state index contributed by atoms with van der Waals surface area (Å²) in [5.74, 6) is 3.58. The first-order valence-corrected chi connectivity index (χ1v) is 20.8. The average Bonchev–Trinajstić information content (AvgIpc) is 3.84. The Morgan fingerprint density at radius 2 is 1.11 bits per heavy atom. The summed E-state index contributed by atoms with van der Waals surface area (Å²) in [4.78, 5) is 62.8. The van der Waals surface area contributed by atoms with E-state index in [1.165, 1.54) is 0 Å². The molecule has 14 heteroatoms. The maximum absolute atomic E-state index is 13.3. The lowest BCUT2D eigenvalue weighted by molar-refractivity contribution is -0.0149. The van der Waals surface area contributed by atoms with Gasteiger partial charge in [0.2, 0.25) is 0 Å². The number of nitrogens with two attached hydrogens (primary N) is 1. The largest absolute Gasteiger partial charge is 0.478 e. The number of nitrogens with one attached hydrogen (secondary N) is 3. The minimum Gasteiger partial charge on any atom is -0.478 e. The number of carbonyl (C=O) groups is 3. The van der Waals surface area contributed by atoms with Gasteiger partial charge in [0.25, 0.3) is 0 Å². The number of carboxylic acids is 1. The van der Waals surface area contributed by atoms with Gasteiger partial charge in [-0.05, 0) is 87.7 Å². The van der Waals surface area contributed by atoms with Crippen LogP contribution in [0.15, 0.2) is 109 Å². The van der Waals surface area contributed by atoms with Crippen molar-refractivity contribution in [1.82, 2.24) is 25.4 Å². The van der Waals surface area contributed by atoms with Crippen LogP contribution in [0.5, 0.6) is 0 Å². The van der Waals surface area contributed by atoms with Crippen molar-refractivity contribution in [3.63, 3.8) is 0 Å². The van der Waals surface area contributed by atoms with E-state index in [-0.39, 0.29) is 18.8 Å². The summed E-state index contributed by atoms with van der Waals surface area (Å²) in [6.45, 7) is 10.5. The molecule has 14 nitrogen and oxygen atoms in total. The van der Waals surface area contributed by atoms with Gasteiger partial charge in [-0.15, -0.1) is 0 Å². The summed E-state index contributed by atoms with van der Waals surface area (Å²) in [5, 5.41) is 14.4. The van der Waals surface area contributed by atoms with Crippen molar-refractivity contribution in [3.05, 3.63) is 154 Å². The number of ether oxygens (including phenoxy) is 2. The quantitative estimate of drug-likeness (QED) is 0.0611. The highest BCUT2D eigenvalue weighted by Gasteiger charge is 2.27. The summed E-state index contributed by atoms with van der Waals surface area (Å²) in [5.41, 5.74) is 7.18. The first-order chi connectivity index (χ1) is 31.1. The number of hydroxylamine groups is 1. The molecule has 0 aliphatic rings. The number of hydrogen-bond donors (Lipinski definition) is 5. The van der Waals surface area contributed by atoms with Crippen molar-refractivity contribution >= 4 is 85.7 Å². The third kappa shape index (κ3) is 11.3. The summed E-state index contributed by atoms with van der Waals surface area (Å²) in [6.07, 6.45) is 11.0. The van der Waals surface area contributed by atoms with E-state index in [9.17, 15) is 19.5 Å². The molecule has 0 aliphatic heterocycles. The van der Waals surface area contributed by atoms with Crippen LogP contribution >= 0.6 is 0 Å². The number of esters is 1. The van der Waals surface area contributed by atoms with Crippen molar-refractivity contribution in [2.45, 2.75) is 66.0 Å². The molecule has 65 heavy (non-hydrogen) atoms. The molecule has 0 bridgehead atoms. The summed E-state index contributed by atoms with van der Waals surface area (Å²) in [6, 6.07) is 31.4. The fourth-order valence-electron chi connectivity index (χ4n) is 7.09. The third-order valence-electron chi connectivity index (χ3n) is 9.81. The number of rotatable bonds is 11. The number of H-pyrrole nitrogens is 2. The number of aromatic amines is 2. The van der Waals surface area contributed by atoms with Crippen LogP contribution < -0.4 is 11.4 Å². The topological polar surface area (TPSA) is 204 Å². The summed E-state index contributed by atoms with van der Waals surface area (Å²) >= 11 is 0. The second-order valence-electron chi connectivity index (χ2n) is 17.1. The molecule has 4 aromatic heterocycles. The number of benzene rings is 4. The zero-order valence-corrected chi connectivity index (χ0v) is 36.9. The molecule has 0 aliphatic carbocycles. The van der Waals surface area contributed by atoms with Crippen LogP contribution in [0.1, 0.15) is 96.2 Å². The molecule has 332 valence electrons. The van der Waals surface area contributed by atoms with Crippen molar-refractivity contribution in [3.8, 4) is 0 Å². The predicted molar refractivity (Wildman–Crippen MR) is 253 cm³/mol. The molecule has 4 aromatic carbocycles. The van der Waals surface area contributed by atoms with Crippen molar-refractivity contribution in [2.24, 2.45) is 5.90 Å². The Labute approximate surface area is 375 Å². The van der Waals surface area contributed by atoms with Crippen LogP contribution in [0.25, 0.3) is 67.7 Å². The normalized spacial score (nSPS) is 12.0. The molecule has 8 aromatic rings. The van der Waals surface area contributed by atoms with Gasteiger partial charge in [-0.1, -0.05) is 97.1 Å². The number of amides is 1. The van der Waals surface area contributed by atoms with Gasteiger partial charge in [0.1, 0.15) is 24.4 Å². The van der Waals surface area contributed by atoms with Gasteiger partial charge in [0.05, 0.1) is 33.5 Å².